The number of likely N-dealkylation sites (tertiary alicyclic amines) is 1. The zero-order chi connectivity index (χ0) is 13.4. The summed E-state index contributed by atoms with van der Waals surface area (Å²) in [5, 5.41) is 17.8. The van der Waals surface area contributed by atoms with Crippen LogP contribution < -0.4 is 4.90 Å². The maximum Gasteiger partial charge on any atom is 0.407 e. The van der Waals surface area contributed by atoms with E-state index < -0.39 is 6.09 Å². The highest BCUT2D eigenvalue weighted by atomic mass is 16.4. The van der Waals surface area contributed by atoms with E-state index in [2.05, 4.69) is 11.0 Å². The first kappa shape index (κ1) is 11.8. The van der Waals surface area contributed by atoms with Crippen molar-refractivity contribution in [2.45, 2.75) is 0 Å². The highest BCUT2D eigenvalue weighted by Crippen LogP contribution is 2.33. The highest BCUT2D eigenvalue weighted by Gasteiger charge is 2.41. The molecule has 3 rings (SSSR count). The van der Waals surface area contributed by atoms with Gasteiger partial charge in [0, 0.05) is 43.7 Å². The van der Waals surface area contributed by atoms with Gasteiger partial charge in [0.15, 0.2) is 0 Å². The molecule has 5 heteroatoms. The summed E-state index contributed by atoms with van der Waals surface area (Å²) < 4.78 is 0. The first-order valence-corrected chi connectivity index (χ1v) is 6.40. The molecule has 2 fully saturated rings. The van der Waals surface area contributed by atoms with Crippen molar-refractivity contribution < 1.29 is 9.90 Å². The Morgan fingerprint density at radius 1 is 1.16 bits per heavy atom. The van der Waals surface area contributed by atoms with Crippen LogP contribution in [0.1, 0.15) is 5.56 Å². The number of nitrogens with zero attached hydrogens (tertiary/aromatic N) is 3. The second-order valence-electron chi connectivity index (χ2n) is 5.27. The standard InChI is InChI=1S/C14H15N3O2/c15-5-10-1-3-13(4-2-10)16-6-11-8-17(14(18)19)9-12(11)7-16/h1-4,11-12H,6-9H2,(H,18,19). The average molecular weight is 257 g/mol. The third-order valence-electron chi connectivity index (χ3n) is 4.12. The average Bonchev–Trinajstić information content (AvgIpc) is 2.97. The molecule has 2 saturated heterocycles. The first-order chi connectivity index (χ1) is 9.17. The Kier molecular flexibility index (Phi) is 2.79. The minimum Gasteiger partial charge on any atom is -0.465 e. The van der Waals surface area contributed by atoms with Crippen molar-refractivity contribution in [2.75, 3.05) is 31.1 Å². The molecule has 5 nitrogen and oxygen atoms in total. The molecular weight excluding hydrogens is 242 g/mol. The van der Waals surface area contributed by atoms with E-state index in [1.807, 2.05) is 24.3 Å². The molecule has 0 aliphatic carbocycles. The zero-order valence-corrected chi connectivity index (χ0v) is 10.5. The maximum absolute atomic E-state index is 10.9. The molecule has 2 atom stereocenters. The number of nitriles is 1. The fraction of sp³-hybridized carbons (Fsp3) is 0.429. The maximum atomic E-state index is 10.9. The molecule has 0 spiro atoms. The van der Waals surface area contributed by atoms with E-state index in [-0.39, 0.29) is 0 Å². The number of hydrogen-bond donors (Lipinski definition) is 1. The lowest BCUT2D eigenvalue weighted by atomic mass is 10.0. The van der Waals surface area contributed by atoms with Crippen LogP contribution in [-0.2, 0) is 0 Å². The van der Waals surface area contributed by atoms with Crippen molar-refractivity contribution >= 4 is 11.8 Å². The van der Waals surface area contributed by atoms with Crippen LogP contribution in [0.3, 0.4) is 0 Å². The number of rotatable bonds is 1. The minimum absolute atomic E-state index is 0.437. The molecule has 19 heavy (non-hydrogen) atoms. The van der Waals surface area contributed by atoms with E-state index in [1.54, 1.807) is 0 Å². The normalized spacial score (nSPS) is 25.2. The van der Waals surface area contributed by atoms with Crippen molar-refractivity contribution in [1.29, 1.82) is 5.26 Å². The lowest BCUT2D eigenvalue weighted by molar-refractivity contribution is 0.153. The number of amides is 1. The summed E-state index contributed by atoms with van der Waals surface area (Å²) in [6, 6.07) is 9.70. The summed E-state index contributed by atoms with van der Waals surface area (Å²) in [4.78, 5) is 14.7. The fourth-order valence-electron chi connectivity index (χ4n) is 3.11. The Bertz CT molecular complexity index is 521. The van der Waals surface area contributed by atoms with Gasteiger partial charge in [-0.25, -0.2) is 4.79 Å². The zero-order valence-electron chi connectivity index (χ0n) is 10.5. The van der Waals surface area contributed by atoms with Crippen LogP contribution in [0.5, 0.6) is 0 Å². The van der Waals surface area contributed by atoms with E-state index in [4.69, 9.17) is 10.4 Å². The molecule has 1 N–H and O–H groups in total. The van der Waals surface area contributed by atoms with Crippen LogP contribution in [0.4, 0.5) is 10.5 Å². The van der Waals surface area contributed by atoms with Gasteiger partial charge in [0.2, 0.25) is 0 Å². The summed E-state index contributed by atoms with van der Waals surface area (Å²) in [6.07, 6.45) is -0.806. The summed E-state index contributed by atoms with van der Waals surface area (Å²) in [7, 11) is 0. The largest absolute Gasteiger partial charge is 0.465 e. The van der Waals surface area contributed by atoms with Crippen molar-refractivity contribution in [3.8, 4) is 6.07 Å². The van der Waals surface area contributed by atoms with E-state index >= 15 is 0 Å². The number of carboxylic acid groups (broad SMARTS) is 1. The second kappa shape index (κ2) is 4.47. The van der Waals surface area contributed by atoms with Gasteiger partial charge in [0.1, 0.15) is 0 Å². The number of carbonyl (C=O) groups is 1. The number of benzene rings is 1. The molecule has 2 heterocycles. The summed E-state index contributed by atoms with van der Waals surface area (Å²) in [5.74, 6) is 0.874. The van der Waals surface area contributed by atoms with Gasteiger partial charge in [-0.15, -0.1) is 0 Å². The van der Waals surface area contributed by atoms with Crippen molar-refractivity contribution in [2.24, 2.45) is 11.8 Å². The van der Waals surface area contributed by atoms with Crippen LogP contribution in [-0.4, -0.2) is 42.3 Å². The molecule has 0 aromatic heterocycles. The summed E-state index contributed by atoms with van der Waals surface area (Å²) in [5.41, 5.74) is 1.79. The van der Waals surface area contributed by atoms with Crippen molar-refractivity contribution in [1.82, 2.24) is 4.90 Å². The smallest absolute Gasteiger partial charge is 0.407 e. The number of fused-ring (bicyclic) bond motifs is 1. The predicted molar refractivity (Wildman–Crippen MR) is 69.9 cm³/mol. The van der Waals surface area contributed by atoms with E-state index in [9.17, 15) is 4.79 Å². The van der Waals surface area contributed by atoms with E-state index in [0.717, 1.165) is 18.8 Å². The second-order valence-corrected chi connectivity index (χ2v) is 5.27. The lowest BCUT2D eigenvalue weighted by Crippen LogP contribution is -2.32. The van der Waals surface area contributed by atoms with Gasteiger partial charge in [-0.1, -0.05) is 0 Å². The molecular formula is C14H15N3O2. The van der Waals surface area contributed by atoms with Crippen LogP contribution in [0.2, 0.25) is 0 Å². The first-order valence-electron chi connectivity index (χ1n) is 6.40. The van der Waals surface area contributed by atoms with Gasteiger partial charge in [0.25, 0.3) is 0 Å². The Balaban J connectivity index is 1.68. The molecule has 98 valence electrons. The number of hydrogen-bond acceptors (Lipinski definition) is 3. The number of anilines is 1. The topological polar surface area (TPSA) is 67.6 Å². The molecule has 2 aliphatic heterocycles. The van der Waals surface area contributed by atoms with Gasteiger partial charge in [-0.3, -0.25) is 0 Å². The van der Waals surface area contributed by atoms with Crippen LogP contribution >= 0.6 is 0 Å². The van der Waals surface area contributed by atoms with Gasteiger partial charge < -0.3 is 14.9 Å². The Hall–Kier alpha value is -2.22. The van der Waals surface area contributed by atoms with E-state index in [1.165, 1.54) is 4.90 Å². The Morgan fingerprint density at radius 3 is 2.21 bits per heavy atom. The lowest BCUT2D eigenvalue weighted by Gasteiger charge is -2.21. The highest BCUT2D eigenvalue weighted by molar-refractivity contribution is 5.65. The third kappa shape index (κ3) is 2.10. The van der Waals surface area contributed by atoms with E-state index in [0.29, 0.717) is 30.5 Å². The fourth-order valence-corrected chi connectivity index (χ4v) is 3.11. The molecule has 0 radical (unpaired) electrons. The van der Waals surface area contributed by atoms with Gasteiger partial charge in [0.05, 0.1) is 11.6 Å². The van der Waals surface area contributed by atoms with Gasteiger partial charge in [-0.2, -0.15) is 5.26 Å². The monoisotopic (exact) mass is 257 g/mol. The Labute approximate surface area is 111 Å². The van der Waals surface area contributed by atoms with Gasteiger partial charge in [-0.05, 0) is 24.3 Å². The molecule has 1 aromatic rings. The summed E-state index contributed by atoms with van der Waals surface area (Å²) in [6.45, 7) is 3.10. The SMILES string of the molecule is N#Cc1ccc(N2CC3CN(C(=O)O)CC3C2)cc1. The Morgan fingerprint density at radius 2 is 1.74 bits per heavy atom. The quantitative estimate of drug-likeness (QED) is 0.829. The molecule has 1 amide bonds. The molecule has 2 aliphatic rings. The molecule has 2 unspecified atom stereocenters. The summed E-state index contributed by atoms with van der Waals surface area (Å²) >= 11 is 0. The van der Waals surface area contributed by atoms with Crippen molar-refractivity contribution in [3.05, 3.63) is 29.8 Å². The predicted octanol–water partition coefficient (Wildman–Crippen LogP) is 1.60. The third-order valence-corrected chi connectivity index (χ3v) is 4.12. The molecule has 0 bridgehead atoms. The van der Waals surface area contributed by atoms with Gasteiger partial charge >= 0.3 is 6.09 Å². The van der Waals surface area contributed by atoms with Crippen LogP contribution in [0.15, 0.2) is 24.3 Å². The van der Waals surface area contributed by atoms with Crippen molar-refractivity contribution in [3.63, 3.8) is 0 Å². The molecule has 0 saturated carbocycles. The van der Waals surface area contributed by atoms with Crippen LogP contribution in [0.25, 0.3) is 0 Å². The van der Waals surface area contributed by atoms with Crippen LogP contribution in [0, 0.1) is 23.2 Å². The minimum atomic E-state index is -0.806. The molecule has 1 aromatic carbocycles.